The molecule has 2 rings (SSSR count). The average Bonchev–Trinajstić information content (AvgIpc) is 2.70. The van der Waals surface area contributed by atoms with Crippen LogP contribution in [0.1, 0.15) is 0 Å². The highest BCUT2D eigenvalue weighted by molar-refractivity contribution is 6.35. The summed E-state index contributed by atoms with van der Waals surface area (Å²) in [5.41, 5.74) is 6.35. The molecule has 2 aromatic rings. The van der Waals surface area contributed by atoms with Crippen molar-refractivity contribution in [3.63, 3.8) is 0 Å². The molecule has 0 amide bonds. The topological polar surface area (TPSA) is 43.8 Å². The number of benzene rings is 1. The molecule has 0 aliphatic carbocycles. The van der Waals surface area contributed by atoms with Crippen molar-refractivity contribution < 1.29 is 0 Å². The van der Waals surface area contributed by atoms with Crippen LogP contribution in [-0.4, -0.2) is 16.1 Å². The van der Waals surface area contributed by atoms with Crippen LogP contribution >= 0.6 is 23.2 Å². The third kappa shape index (κ3) is 2.21. The van der Waals surface area contributed by atoms with Crippen molar-refractivity contribution in [1.29, 1.82) is 0 Å². The molecule has 0 fully saturated rings. The van der Waals surface area contributed by atoms with Crippen LogP contribution < -0.4 is 5.73 Å². The minimum atomic E-state index is 0.557. The normalized spacial score (nSPS) is 10.7. The molecule has 1 aromatic carbocycles. The van der Waals surface area contributed by atoms with Gasteiger partial charge in [-0.2, -0.15) is 0 Å². The quantitative estimate of drug-likeness (QED) is 0.917. The summed E-state index contributed by atoms with van der Waals surface area (Å²) in [6, 6.07) is 5.32. The number of nitrogens with zero attached hydrogens (tertiary/aromatic N) is 2. The molecule has 0 aliphatic heterocycles. The molecule has 16 heavy (non-hydrogen) atoms. The van der Waals surface area contributed by atoms with Crippen molar-refractivity contribution in [3.05, 3.63) is 40.6 Å². The van der Waals surface area contributed by atoms with Crippen molar-refractivity contribution in [2.24, 2.45) is 5.73 Å². The second kappa shape index (κ2) is 4.87. The highest BCUT2D eigenvalue weighted by atomic mass is 35.5. The van der Waals surface area contributed by atoms with Gasteiger partial charge in [0.25, 0.3) is 0 Å². The van der Waals surface area contributed by atoms with Crippen molar-refractivity contribution >= 4 is 23.2 Å². The van der Waals surface area contributed by atoms with E-state index >= 15 is 0 Å². The van der Waals surface area contributed by atoms with E-state index in [4.69, 9.17) is 28.9 Å². The predicted molar refractivity (Wildman–Crippen MR) is 66.7 cm³/mol. The summed E-state index contributed by atoms with van der Waals surface area (Å²) in [6.07, 6.45) is 3.60. The zero-order chi connectivity index (χ0) is 11.5. The lowest BCUT2D eigenvalue weighted by atomic mass is 10.2. The lowest BCUT2D eigenvalue weighted by Gasteiger charge is -2.08. The van der Waals surface area contributed by atoms with Crippen molar-refractivity contribution in [2.75, 3.05) is 6.54 Å². The number of aromatic nitrogens is 2. The SMILES string of the molecule is NCCn1ccnc1-c1cc(Cl)ccc1Cl. The highest BCUT2D eigenvalue weighted by Crippen LogP contribution is 2.29. The van der Waals surface area contributed by atoms with Crippen molar-refractivity contribution in [1.82, 2.24) is 9.55 Å². The van der Waals surface area contributed by atoms with Gasteiger partial charge in [-0.05, 0) is 18.2 Å². The van der Waals surface area contributed by atoms with Gasteiger partial charge >= 0.3 is 0 Å². The molecule has 5 heteroatoms. The van der Waals surface area contributed by atoms with E-state index in [1.54, 1.807) is 24.4 Å². The Balaban J connectivity index is 2.49. The van der Waals surface area contributed by atoms with Gasteiger partial charge in [-0.3, -0.25) is 0 Å². The molecular weight excluding hydrogens is 245 g/mol. The summed E-state index contributed by atoms with van der Waals surface area (Å²) in [7, 11) is 0. The zero-order valence-corrected chi connectivity index (χ0v) is 10.0. The van der Waals surface area contributed by atoms with Gasteiger partial charge in [0, 0.05) is 36.1 Å². The number of hydrogen-bond acceptors (Lipinski definition) is 2. The number of hydrogen-bond donors (Lipinski definition) is 1. The molecule has 0 saturated carbocycles. The van der Waals surface area contributed by atoms with Crippen molar-refractivity contribution in [2.45, 2.75) is 6.54 Å². The molecule has 2 N–H and O–H groups in total. The predicted octanol–water partition coefficient (Wildman–Crippen LogP) is 2.82. The molecule has 0 aliphatic rings. The Morgan fingerprint density at radius 2 is 2.12 bits per heavy atom. The average molecular weight is 256 g/mol. The third-order valence-electron chi connectivity index (χ3n) is 2.25. The second-order valence-electron chi connectivity index (χ2n) is 3.36. The van der Waals surface area contributed by atoms with Gasteiger partial charge < -0.3 is 10.3 Å². The maximum atomic E-state index is 6.12. The standard InChI is InChI=1S/C11H11Cl2N3/c12-8-1-2-10(13)9(7-8)11-15-4-6-16(11)5-3-14/h1-2,4,6-7H,3,5,14H2. The summed E-state index contributed by atoms with van der Waals surface area (Å²) in [5, 5.41) is 1.27. The molecule has 0 radical (unpaired) electrons. The first-order valence-corrected chi connectivity index (χ1v) is 5.64. The maximum Gasteiger partial charge on any atom is 0.141 e. The first-order valence-electron chi connectivity index (χ1n) is 4.89. The monoisotopic (exact) mass is 255 g/mol. The third-order valence-corrected chi connectivity index (χ3v) is 2.82. The Hall–Kier alpha value is -1.03. The Kier molecular flexibility index (Phi) is 3.49. The fraction of sp³-hybridized carbons (Fsp3) is 0.182. The van der Waals surface area contributed by atoms with Crippen LogP contribution in [0, 0.1) is 0 Å². The van der Waals surface area contributed by atoms with Gasteiger partial charge in [0.15, 0.2) is 0 Å². The minimum Gasteiger partial charge on any atom is -0.330 e. The fourth-order valence-corrected chi connectivity index (χ4v) is 1.92. The molecule has 0 atom stereocenters. The van der Waals surface area contributed by atoms with Crippen LogP contribution in [0.3, 0.4) is 0 Å². The van der Waals surface area contributed by atoms with E-state index in [1.807, 2.05) is 10.8 Å². The molecule has 0 spiro atoms. The van der Waals surface area contributed by atoms with Crippen molar-refractivity contribution in [3.8, 4) is 11.4 Å². The maximum absolute atomic E-state index is 6.12. The first kappa shape index (κ1) is 11.5. The van der Waals surface area contributed by atoms with E-state index in [1.165, 1.54) is 0 Å². The van der Waals surface area contributed by atoms with Gasteiger partial charge in [-0.25, -0.2) is 4.98 Å². The molecule has 0 saturated heterocycles. The van der Waals surface area contributed by atoms with Gasteiger partial charge in [0.1, 0.15) is 5.82 Å². The van der Waals surface area contributed by atoms with E-state index < -0.39 is 0 Å². The van der Waals surface area contributed by atoms with Crippen LogP contribution in [0.2, 0.25) is 10.0 Å². The summed E-state index contributed by atoms with van der Waals surface area (Å²) in [6.45, 7) is 1.26. The number of imidazole rings is 1. The largest absolute Gasteiger partial charge is 0.330 e. The smallest absolute Gasteiger partial charge is 0.141 e. The lowest BCUT2D eigenvalue weighted by Crippen LogP contribution is -2.10. The molecule has 0 bridgehead atoms. The Morgan fingerprint density at radius 3 is 2.88 bits per heavy atom. The van der Waals surface area contributed by atoms with Gasteiger partial charge in [0.05, 0.1) is 5.02 Å². The molecule has 1 heterocycles. The summed E-state index contributed by atoms with van der Waals surface area (Å²) >= 11 is 12.1. The second-order valence-corrected chi connectivity index (χ2v) is 4.20. The number of halogens is 2. The van der Waals surface area contributed by atoms with Gasteiger partial charge in [0.2, 0.25) is 0 Å². The Bertz CT molecular complexity index is 494. The molecule has 1 aromatic heterocycles. The van der Waals surface area contributed by atoms with Crippen LogP contribution in [0.25, 0.3) is 11.4 Å². The van der Waals surface area contributed by atoms with Crippen LogP contribution in [-0.2, 0) is 6.54 Å². The number of nitrogens with two attached hydrogens (primary N) is 1. The van der Waals surface area contributed by atoms with Crippen LogP contribution in [0.4, 0.5) is 0 Å². The Labute approximate surface area is 104 Å². The van der Waals surface area contributed by atoms with E-state index in [0.717, 1.165) is 11.4 Å². The van der Waals surface area contributed by atoms with E-state index in [0.29, 0.717) is 23.1 Å². The highest BCUT2D eigenvalue weighted by Gasteiger charge is 2.09. The molecule has 3 nitrogen and oxygen atoms in total. The van der Waals surface area contributed by atoms with Crippen LogP contribution in [0.15, 0.2) is 30.6 Å². The fourth-order valence-electron chi connectivity index (χ4n) is 1.54. The van der Waals surface area contributed by atoms with Gasteiger partial charge in [-0.1, -0.05) is 23.2 Å². The van der Waals surface area contributed by atoms with E-state index in [-0.39, 0.29) is 0 Å². The molecular formula is C11H11Cl2N3. The van der Waals surface area contributed by atoms with Gasteiger partial charge in [-0.15, -0.1) is 0 Å². The molecule has 0 unspecified atom stereocenters. The Morgan fingerprint density at radius 1 is 1.31 bits per heavy atom. The number of rotatable bonds is 3. The lowest BCUT2D eigenvalue weighted by molar-refractivity contribution is 0.715. The van der Waals surface area contributed by atoms with E-state index in [9.17, 15) is 0 Å². The summed E-state index contributed by atoms with van der Waals surface area (Å²) in [4.78, 5) is 4.27. The minimum absolute atomic E-state index is 0.557. The zero-order valence-electron chi connectivity index (χ0n) is 8.53. The van der Waals surface area contributed by atoms with Crippen LogP contribution in [0.5, 0.6) is 0 Å². The summed E-state index contributed by atoms with van der Waals surface area (Å²) < 4.78 is 1.96. The molecule has 84 valence electrons. The summed E-state index contributed by atoms with van der Waals surface area (Å²) in [5.74, 6) is 0.790. The van der Waals surface area contributed by atoms with E-state index in [2.05, 4.69) is 4.98 Å². The first-order chi connectivity index (χ1) is 7.72.